The van der Waals surface area contributed by atoms with Crippen molar-refractivity contribution >= 4 is 17.5 Å². The molecule has 17 heavy (non-hydrogen) atoms. The Morgan fingerprint density at radius 3 is 2.76 bits per heavy atom. The molecule has 0 aliphatic rings. The van der Waals surface area contributed by atoms with Crippen molar-refractivity contribution in [3.05, 3.63) is 12.4 Å². The van der Waals surface area contributed by atoms with E-state index in [4.69, 9.17) is 0 Å². The first-order chi connectivity index (χ1) is 8.26. The number of hydrogen-bond acceptors (Lipinski definition) is 5. The van der Waals surface area contributed by atoms with Gasteiger partial charge in [0, 0.05) is 32.6 Å². The summed E-state index contributed by atoms with van der Waals surface area (Å²) >= 11 is 0. The maximum absolute atomic E-state index is 11.3. The molecule has 0 aromatic carbocycles. The van der Waals surface area contributed by atoms with Gasteiger partial charge in [0.25, 0.3) is 0 Å². The largest absolute Gasteiger partial charge is 0.373 e. The average molecular weight is 237 g/mol. The van der Waals surface area contributed by atoms with E-state index in [0.29, 0.717) is 18.8 Å². The molecule has 6 nitrogen and oxygen atoms in total. The van der Waals surface area contributed by atoms with Gasteiger partial charge in [0.1, 0.15) is 18.0 Å². The molecule has 0 radical (unpaired) electrons. The molecule has 0 fully saturated rings. The van der Waals surface area contributed by atoms with E-state index in [0.717, 1.165) is 18.8 Å². The second-order valence-electron chi connectivity index (χ2n) is 3.57. The maximum atomic E-state index is 11.3. The zero-order chi connectivity index (χ0) is 12.5. The van der Waals surface area contributed by atoms with E-state index in [1.54, 1.807) is 13.1 Å². The van der Waals surface area contributed by atoms with Gasteiger partial charge in [-0.25, -0.2) is 9.97 Å². The number of carbonyl (C=O) groups is 1. The van der Waals surface area contributed by atoms with E-state index in [2.05, 4.69) is 25.9 Å². The molecular weight excluding hydrogens is 218 g/mol. The number of aromatic nitrogens is 2. The van der Waals surface area contributed by atoms with Gasteiger partial charge in [-0.1, -0.05) is 6.92 Å². The summed E-state index contributed by atoms with van der Waals surface area (Å²) in [5.41, 5.74) is 0. The fraction of sp³-hybridized carbons (Fsp3) is 0.545. The van der Waals surface area contributed by atoms with Gasteiger partial charge < -0.3 is 16.0 Å². The third kappa shape index (κ3) is 5.14. The lowest BCUT2D eigenvalue weighted by molar-refractivity contribution is -0.120. The molecule has 6 heteroatoms. The second kappa shape index (κ2) is 7.43. The molecule has 1 amide bonds. The third-order valence-electron chi connectivity index (χ3n) is 2.15. The minimum absolute atomic E-state index is 0.0576. The highest BCUT2D eigenvalue weighted by Gasteiger charge is 2.00. The van der Waals surface area contributed by atoms with Crippen molar-refractivity contribution < 1.29 is 4.79 Å². The van der Waals surface area contributed by atoms with Gasteiger partial charge in [0.15, 0.2) is 0 Å². The second-order valence-corrected chi connectivity index (χ2v) is 3.57. The SMILES string of the molecule is CCCNC(=O)CCNc1cc(NC)ncn1. The Bertz CT molecular complexity index is 355. The number of carbonyl (C=O) groups excluding carboxylic acids is 1. The van der Waals surface area contributed by atoms with E-state index >= 15 is 0 Å². The van der Waals surface area contributed by atoms with Gasteiger partial charge in [-0.2, -0.15) is 0 Å². The Hall–Kier alpha value is -1.85. The topological polar surface area (TPSA) is 78.9 Å². The van der Waals surface area contributed by atoms with Gasteiger partial charge in [0.05, 0.1) is 0 Å². The van der Waals surface area contributed by atoms with Crippen molar-refractivity contribution in [2.75, 3.05) is 30.8 Å². The predicted molar refractivity (Wildman–Crippen MR) is 68.0 cm³/mol. The van der Waals surface area contributed by atoms with Crippen LogP contribution < -0.4 is 16.0 Å². The summed E-state index contributed by atoms with van der Waals surface area (Å²) in [5.74, 6) is 1.52. The smallest absolute Gasteiger partial charge is 0.221 e. The first kappa shape index (κ1) is 13.2. The summed E-state index contributed by atoms with van der Waals surface area (Å²) in [5, 5.41) is 8.82. The highest BCUT2D eigenvalue weighted by molar-refractivity contribution is 5.76. The molecule has 3 N–H and O–H groups in total. The van der Waals surface area contributed by atoms with E-state index < -0.39 is 0 Å². The van der Waals surface area contributed by atoms with E-state index in [1.165, 1.54) is 6.33 Å². The molecule has 0 aliphatic heterocycles. The Balaban J connectivity index is 2.28. The quantitative estimate of drug-likeness (QED) is 0.655. The Labute approximate surface area is 101 Å². The van der Waals surface area contributed by atoms with Gasteiger partial charge in [0.2, 0.25) is 5.91 Å². The van der Waals surface area contributed by atoms with Crippen molar-refractivity contribution in [1.29, 1.82) is 0 Å². The van der Waals surface area contributed by atoms with Gasteiger partial charge in [-0.05, 0) is 6.42 Å². The van der Waals surface area contributed by atoms with E-state index in [-0.39, 0.29) is 5.91 Å². The molecule has 0 bridgehead atoms. The van der Waals surface area contributed by atoms with Gasteiger partial charge in [-0.15, -0.1) is 0 Å². The van der Waals surface area contributed by atoms with Crippen LogP contribution in [0.4, 0.5) is 11.6 Å². The number of nitrogens with zero attached hydrogens (tertiary/aromatic N) is 2. The molecule has 0 saturated heterocycles. The van der Waals surface area contributed by atoms with Gasteiger partial charge >= 0.3 is 0 Å². The van der Waals surface area contributed by atoms with E-state index in [9.17, 15) is 4.79 Å². The van der Waals surface area contributed by atoms with E-state index in [1.807, 2.05) is 6.92 Å². The van der Waals surface area contributed by atoms with Crippen molar-refractivity contribution in [3.63, 3.8) is 0 Å². The normalized spacial score (nSPS) is 9.76. The number of amides is 1. The van der Waals surface area contributed by atoms with Crippen molar-refractivity contribution in [2.24, 2.45) is 0 Å². The number of rotatable bonds is 7. The molecule has 1 heterocycles. The predicted octanol–water partition coefficient (Wildman–Crippen LogP) is 0.846. The summed E-state index contributed by atoms with van der Waals surface area (Å²) in [6, 6.07) is 1.80. The van der Waals surface area contributed by atoms with Crippen LogP contribution in [-0.2, 0) is 4.79 Å². The monoisotopic (exact) mass is 237 g/mol. The van der Waals surface area contributed by atoms with Crippen LogP contribution in [0, 0.1) is 0 Å². The molecule has 0 unspecified atom stereocenters. The molecule has 0 aliphatic carbocycles. The molecule has 1 rings (SSSR count). The van der Waals surface area contributed by atoms with Crippen LogP contribution in [0.15, 0.2) is 12.4 Å². The standard InChI is InChI=1S/C11H19N5O/c1-3-5-14-11(17)4-6-13-10-7-9(12-2)15-8-16-10/h7-8H,3-6H2,1-2H3,(H,14,17)(H2,12,13,15,16). The van der Waals surface area contributed by atoms with Crippen LogP contribution in [0.25, 0.3) is 0 Å². The Morgan fingerprint density at radius 2 is 2.06 bits per heavy atom. The minimum Gasteiger partial charge on any atom is -0.373 e. The first-order valence-corrected chi connectivity index (χ1v) is 5.76. The Kier molecular flexibility index (Phi) is 5.77. The van der Waals surface area contributed by atoms with Crippen LogP contribution in [0.1, 0.15) is 19.8 Å². The van der Waals surface area contributed by atoms with Crippen molar-refractivity contribution in [2.45, 2.75) is 19.8 Å². The zero-order valence-corrected chi connectivity index (χ0v) is 10.3. The number of hydrogen-bond donors (Lipinski definition) is 3. The maximum Gasteiger partial charge on any atom is 0.221 e. The highest BCUT2D eigenvalue weighted by Crippen LogP contribution is 2.06. The lowest BCUT2D eigenvalue weighted by Crippen LogP contribution is -2.25. The van der Waals surface area contributed by atoms with Crippen LogP contribution >= 0.6 is 0 Å². The molecule has 1 aromatic heterocycles. The van der Waals surface area contributed by atoms with Crippen LogP contribution in [-0.4, -0.2) is 36.0 Å². The fourth-order valence-electron chi connectivity index (χ4n) is 1.25. The average Bonchev–Trinajstić information content (AvgIpc) is 2.36. The molecule has 0 atom stereocenters. The molecular formula is C11H19N5O. The molecule has 1 aromatic rings. The summed E-state index contributed by atoms with van der Waals surface area (Å²) in [6.45, 7) is 3.32. The zero-order valence-electron chi connectivity index (χ0n) is 10.3. The van der Waals surface area contributed by atoms with Crippen molar-refractivity contribution in [3.8, 4) is 0 Å². The minimum atomic E-state index is 0.0576. The summed E-state index contributed by atoms with van der Waals surface area (Å²) in [7, 11) is 1.80. The Morgan fingerprint density at radius 1 is 1.29 bits per heavy atom. The van der Waals surface area contributed by atoms with Crippen LogP contribution in [0.2, 0.25) is 0 Å². The van der Waals surface area contributed by atoms with Gasteiger partial charge in [-0.3, -0.25) is 4.79 Å². The van der Waals surface area contributed by atoms with Crippen LogP contribution in [0.5, 0.6) is 0 Å². The third-order valence-corrected chi connectivity index (χ3v) is 2.15. The fourth-order valence-corrected chi connectivity index (χ4v) is 1.25. The van der Waals surface area contributed by atoms with Crippen LogP contribution in [0.3, 0.4) is 0 Å². The lowest BCUT2D eigenvalue weighted by atomic mass is 10.3. The summed E-state index contributed by atoms with van der Waals surface area (Å²) < 4.78 is 0. The summed E-state index contributed by atoms with van der Waals surface area (Å²) in [6.07, 6.45) is 2.88. The van der Waals surface area contributed by atoms with Crippen molar-refractivity contribution in [1.82, 2.24) is 15.3 Å². The number of nitrogens with one attached hydrogen (secondary N) is 3. The molecule has 0 spiro atoms. The summed E-state index contributed by atoms with van der Waals surface area (Å²) in [4.78, 5) is 19.4. The first-order valence-electron chi connectivity index (χ1n) is 5.76. The lowest BCUT2D eigenvalue weighted by Gasteiger charge is -2.07. The molecule has 0 saturated carbocycles. The molecule has 94 valence electrons. The number of anilines is 2. The highest BCUT2D eigenvalue weighted by atomic mass is 16.1.